The summed E-state index contributed by atoms with van der Waals surface area (Å²) in [6.45, 7) is 4.37. The lowest BCUT2D eigenvalue weighted by atomic mass is 9.76. The number of hydrogen-bond donors (Lipinski definition) is 1. The average molecular weight is 231 g/mol. The Morgan fingerprint density at radius 2 is 1.82 bits per heavy atom. The molecule has 0 spiro atoms. The first-order valence-corrected chi connectivity index (χ1v) is 6.94. The summed E-state index contributed by atoms with van der Waals surface area (Å²) in [6, 6.07) is 8.56. The van der Waals surface area contributed by atoms with Crippen LogP contribution in [-0.2, 0) is 5.54 Å². The standard InChI is InChI=1S/C16H25N/c1-13-8-6-7-11-15(13)16(2,17)12-14-9-4-3-5-10-14/h6-8,11,14H,3-5,9-10,12,17H2,1-2H3. The van der Waals surface area contributed by atoms with Crippen LogP contribution in [0.1, 0.15) is 56.6 Å². The van der Waals surface area contributed by atoms with Gasteiger partial charge in [-0.25, -0.2) is 0 Å². The molecule has 1 fully saturated rings. The maximum atomic E-state index is 6.57. The highest BCUT2D eigenvalue weighted by atomic mass is 14.7. The van der Waals surface area contributed by atoms with E-state index in [4.69, 9.17) is 5.73 Å². The molecule has 1 aliphatic rings. The Labute approximate surface area is 105 Å². The van der Waals surface area contributed by atoms with Crippen LogP contribution < -0.4 is 5.73 Å². The van der Waals surface area contributed by atoms with Gasteiger partial charge in [0.05, 0.1) is 0 Å². The van der Waals surface area contributed by atoms with Crippen molar-refractivity contribution in [3.05, 3.63) is 35.4 Å². The van der Waals surface area contributed by atoms with Crippen molar-refractivity contribution in [3.63, 3.8) is 0 Å². The molecule has 0 bridgehead atoms. The van der Waals surface area contributed by atoms with Gasteiger partial charge in [-0.2, -0.15) is 0 Å². The Balaban J connectivity index is 2.10. The third-order valence-electron chi connectivity index (χ3n) is 4.20. The van der Waals surface area contributed by atoms with Gasteiger partial charge in [0.1, 0.15) is 0 Å². The molecule has 17 heavy (non-hydrogen) atoms. The minimum atomic E-state index is -0.159. The van der Waals surface area contributed by atoms with Gasteiger partial charge >= 0.3 is 0 Å². The van der Waals surface area contributed by atoms with E-state index in [1.165, 1.54) is 43.2 Å². The number of aryl methyl sites for hydroxylation is 1. The summed E-state index contributed by atoms with van der Waals surface area (Å²) in [6.07, 6.45) is 8.10. The van der Waals surface area contributed by atoms with Gasteiger partial charge in [0.25, 0.3) is 0 Å². The molecule has 1 aliphatic carbocycles. The molecule has 0 radical (unpaired) electrons. The molecule has 1 aromatic carbocycles. The summed E-state index contributed by atoms with van der Waals surface area (Å²) in [5.74, 6) is 0.832. The first-order chi connectivity index (χ1) is 8.09. The summed E-state index contributed by atoms with van der Waals surface area (Å²) in [4.78, 5) is 0. The second kappa shape index (κ2) is 5.22. The highest BCUT2D eigenvalue weighted by molar-refractivity contribution is 5.31. The zero-order valence-corrected chi connectivity index (χ0v) is 11.2. The van der Waals surface area contributed by atoms with E-state index in [0.717, 1.165) is 12.3 Å². The summed E-state index contributed by atoms with van der Waals surface area (Å²) in [7, 11) is 0. The van der Waals surface area contributed by atoms with E-state index >= 15 is 0 Å². The second-order valence-electron chi connectivity index (χ2n) is 5.94. The van der Waals surface area contributed by atoms with Gasteiger partial charge in [0, 0.05) is 5.54 Å². The summed E-state index contributed by atoms with van der Waals surface area (Å²) in [5.41, 5.74) is 9.06. The fraction of sp³-hybridized carbons (Fsp3) is 0.625. The Morgan fingerprint density at radius 1 is 1.18 bits per heavy atom. The molecule has 1 aromatic rings. The molecule has 0 saturated heterocycles. The highest BCUT2D eigenvalue weighted by Crippen LogP contribution is 2.34. The van der Waals surface area contributed by atoms with Crippen LogP contribution in [0.25, 0.3) is 0 Å². The van der Waals surface area contributed by atoms with E-state index in [9.17, 15) is 0 Å². The SMILES string of the molecule is Cc1ccccc1C(C)(N)CC1CCCCC1. The zero-order valence-electron chi connectivity index (χ0n) is 11.2. The number of rotatable bonds is 3. The summed E-state index contributed by atoms with van der Waals surface area (Å²) >= 11 is 0. The molecule has 94 valence electrons. The van der Waals surface area contributed by atoms with Crippen molar-refractivity contribution < 1.29 is 0 Å². The first-order valence-electron chi connectivity index (χ1n) is 6.94. The topological polar surface area (TPSA) is 26.0 Å². The summed E-state index contributed by atoms with van der Waals surface area (Å²) < 4.78 is 0. The van der Waals surface area contributed by atoms with Crippen LogP contribution in [0.15, 0.2) is 24.3 Å². The van der Waals surface area contributed by atoms with Crippen LogP contribution in [0.2, 0.25) is 0 Å². The lowest BCUT2D eigenvalue weighted by molar-refractivity contribution is 0.271. The molecule has 1 unspecified atom stereocenters. The molecule has 1 saturated carbocycles. The van der Waals surface area contributed by atoms with Crippen molar-refractivity contribution in [3.8, 4) is 0 Å². The molecule has 0 aliphatic heterocycles. The zero-order chi connectivity index (χ0) is 12.3. The average Bonchev–Trinajstić information content (AvgIpc) is 2.30. The number of hydrogen-bond acceptors (Lipinski definition) is 1. The van der Waals surface area contributed by atoms with Gasteiger partial charge in [0.2, 0.25) is 0 Å². The molecule has 1 atom stereocenters. The lowest BCUT2D eigenvalue weighted by Gasteiger charge is -2.33. The van der Waals surface area contributed by atoms with E-state index in [2.05, 4.69) is 38.1 Å². The summed E-state index contributed by atoms with van der Waals surface area (Å²) in [5, 5.41) is 0. The quantitative estimate of drug-likeness (QED) is 0.831. The Hall–Kier alpha value is -0.820. The molecule has 1 nitrogen and oxygen atoms in total. The van der Waals surface area contributed by atoms with Crippen molar-refractivity contribution in [2.24, 2.45) is 11.7 Å². The van der Waals surface area contributed by atoms with Crippen molar-refractivity contribution >= 4 is 0 Å². The van der Waals surface area contributed by atoms with Crippen molar-refractivity contribution in [2.75, 3.05) is 0 Å². The van der Waals surface area contributed by atoms with E-state index in [1.54, 1.807) is 0 Å². The predicted octanol–water partition coefficient (Wildman–Crippen LogP) is 4.14. The smallest absolute Gasteiger partial charge is 0.0386 e. The second-order valence-corrected chi connectivity index (χ2v) is 5.94. The fourth-order valence-electron chi connectivity index (χ4n) is 3.31. The molecule has 0 aromatic heterocycles. The molecule has 2 rings (SSSR count). The normalized spacial score (nSPS) is 21.1. The van der Waals surface area contributed by atoms with Gasteiger partial charge in [-0.05, 0) is 37.3 Å². The van der Waals surface area contributed by atoms with Crippen molar-refractivity contribution in [2.45, 2.75) is 57.9 Å². The van der Waals surface area contributed by atoms with Crippen LogP contribution in [0.4, 0.5) is 0 Å². The van der Waals surface area contributed by atoms with E-state index in [1.807, 2.05) is 0 Å². The largest absolute Gasteiger partial charge is 0.322 e. The van der Waals surface area contributed by atoms with Crippen LogP contribution in [0.3, 0.4) is 0 Å². The molecular weight excluding hydrogens is 206 g/mol. The van der Waals surface area contributed by atoms with Crippen molar-refractivity contribution in [1.82, 2.24) is 0 Å². The molecule has 0 heterocycles. The lowest BCUT2D eigenvalue weighted by Crippen LogP contribution is -2.36. The van der Waals surface area contributed by atoms with Crippen LogP contribution in [0, 0.1) is 12.8 Å². The Morgan fingerprint density at radius 3 is 2.47 bits per heavy atom. The van der Waals surface area contributed by atoms with Crippen LogP contribution in [-0.4, -0.2) is 0 Å². The monoisotopic (exact) mass is 231 g/mol. The van der Waals surface area contributed by atoms with E-state index < -0.39 is 0 Å². The Kier molecular flexibility index (Phi) is 3.88. The van der Waals surface area contributed by atoms with Gasteiger partial charge in [-0.3, -0.25) is 0 Å². The van der Waals surface area contributed by atoms with Gasteiger partial charge in [0.15, 0.2) is 0 Å². The highest BCUT2D eigenvalue weighted by Gasteiger charge is 2.27. The number of nitrogens with two attached hydrogens (primary N) is 1. The minimum absolute atomic E-state index is 0.159. The molecule has 2 N–H and O–H groups in total. The third-order valence-corrected chi connectivity index (χ3v) is 4.20. The van der Waals surface area contributed by atoms with Gasteiger partial charge in [-0.15, -0.1) is 0 Å². The maximum Gasteiger partial charge on any atom is 0.0386 e. The van der Waals surface area contributed by atoms with Gasteiger partial charge < -0.3 is 5.73 Å². The van der Waals surface area contributed by atoms with Crippen molar-refractivity contribution in [1.29, 1.82) is 0 Å². The van der Waals surface area contributed by atoms with E-state index in [-0.39, 0.29) is 5.54 Å². The minimum Gasteiger partial charge on any atom is -0.322 e. The molecule has 0 amide bonds. The fourth-order valence-corrected chi connectivity index (χ4v) is 3.31. The van der Waals surface area contributed by atoms with Crippen LogP contribution >= 0.6 is 0 Å². The van der Waals surface area contributed by atoms with Crippen LogP contribution in [0.5, 0.6) is 0 Å². The van der Waals surface area contributed by atoms with Gasteiger partial charge in [-0.1, -0.05) is 56.4 Å². The first kappa shape index (κ1) is 12.6. The predicted molar refractivity (Wildman–Crippen MR) is 73.9 cm³/mol. The van der Waals surface area contributed by atoms with E-state index in [0.29, 0.717) is 0 Å². The maximum absolute atomic E-state index is 6.57. The Bertz CT molecular complexity index is 362. The number of benzene rings is 1. The molecule has 1 heteroatoms. The molecular formula is C16H25N. The third kappa shape index (κ3) is 3.10.